The van der Waals surface area contributed by atoms with Crippen molar-refractivity contribution in [2.75, 3.05) is 40.3 Å². The average Bonchev–Trinajstić information content (AvgIpc) is 2.85. The van der Waals surface area contributed by atoms with E-state index in [-0.39, 0.29) is 23.6 Å². The van der Waals surface area contributed by atoms with Gasteiger partial charge in [0.2, 0.25) is 9.17 Å². The molecule has 1 fully saturated rings. The number of alkyl halides is 3. The summed E-state index contributed by atoms with van der Waals surface area (Å²) in [5.41, 5.74) is -0.391. The third-order valence-corrected chi connectivity index (χ3v) is 7.36. The number of carbonyl (C=O) groups excluding carboxylic acids is 3. The topological polar surface area (TPSA) is 136 Å². The van der Waals surface area contributed by atoms with Crippen LogP contribution in [0.25, 0.3) is 0 Å². The van der Waals surface area contributed by atoms with E-state index in [1.54, 1.807) is 24.3 Å². The van der Waals surface area contributed by atoms with Crippen LogP contribution < -0.4 is 14.8 Å². The molecular formula is C21H23Cl3N2O9S. The summed E-state index contributed by atoms with van der Waals surface area (Å²) >= 11 is 15.2. The highest BCUT2D eigenvalue weighted by Crippen LogP contribution is 2.48. The van der Waals surface area contributed by atoms with Crippen molar-refractivity contribution in [1.29, 1.82) is 0 Å². The van der Waals surface area contributed by atoms with E-state index in [2.05, 4.69) is 5.32 Å². The van der Waals surface area contributed by atoms with Crippen LogP contribution in [-0.4, -0.2) is 89.0 Å². The Morgan fingerprint density at radius 3 is 2.33 bits per heavy atom. The molecule has 0 aromatic heterocycles. The highest BCUT2D eigenvalue weighted by atomic mass is 35.6. The Kier molecular flexibility index (Phi) is 9.25. The van der Waals surface area contributed by atoms with Gasteiger partial charge in [-0.2, -0.15) is 0 Å². The van der Waals surface area contributed by atoms with Crippen LogP contribution in [0.15, 0.2) is 35.5 Å². The lowest BCUT2D eigenvalue weighted by molar-refractivity contribution is -0.357. The molecule has 1 N–H and O–H groups in total. The van der Waals surface area contributed by atoms with Crippen LogP contribution in [-0.2, 0) is 39.8 Å². The van der Waals surface area contributed by atoms with Gasteiger partial charge in [0.1, 0.15) is 29.6 Å². The predicted molar refractivity (Wildman–Crippen MR) is 130 cm³/mol. The molecule has 198 valence electrons. The summed E-state index contributed by atoms with van der Waals surface area (Å²) in [6, 6.07) is 5.59. The number of aldehydes is 1. The number of hydrogen-bond donors (Lipinski definition) is 1. The van der Waals surface area contributed by atoms with Crippen molar-refractivity contribution in [3.8, 4) is 11.5 Å². The average molecular weight is 586 g/mol. The zero-order chi connectivity index (χ0) is 26.7. The smallest absolute Gasteiger partial charge is 0.355 e. The summed E-state index contributed by atoms with van der Waals surface area (Å²) in [5.74, 6) is -2.62. The number of amides is 1. The summed E-state index contributed by atoms with van der Waals surface area (Å²) in [4.78, 5) is 38.5. The summed E-state index contributed by atoms with van der Waals surface area (Å²) in [6.07, 6.45) is 0.380. The fourth-order valence-electron chi connectivity index (χ4n) is 3.86. The van der Waals surface area contributed by atoms with Gasteiger partial charge in [-0.1, -0.05) is 34.8 Å². The van der Waals surface area contributed by atoms with Gasteiger partial charge in [-0.3, -0.25) is 14.5 Å². The molecule has 2 aliphatic heterocycles. The maximum atomic E-state index is 13.0. The molecule has 0 aliphatic carbocycles. The van der Waals surface area contributed by atoms with Crippen molar-refractivity contribution in [2.45, 2.75) is 21.1 Å². The number of benzene rings is 1. The fraction of sp³-hybridized carbons (Fsp3) is 0.476. The van der Waals surface area contributed by atoms with Gasteiger partial charge in [-0.15, -0.1) is 0 Å². The lowest BCUT2D eigenvalue weighted by Gasteiger charge is -2.61. The van der Waals surface area contributed by atoms with Gasteiger partial charge < -0.3 is 33.6 Å². The molecule has 3 rings (SSSR count). The number of halogens is 3. The summed E-state index contributed by atoms with van der Waals surface area (Å²) in [5, 5.41) is 1.69. The molecule has 3 atom stereocenters. The van der Waals surface area contributed by atoms with E-state index in [1.165, 1.54) is 26.2 Å². The number of ether oxygens (including phenoxy) is 5. The van der Waals surface area contributed by atoms with Crippen LogP contribution in [0.5, 0.6) is 11.5 Å². The minimum atomic E-state index is -1.90. The standard InChI is InChI=1S/C21H23Cl3N2O9S/c1-31-13-4-6-14(7-5-13)34-9-15(28)25-17-18-26(21(17,32-2)33-3)16(12(8-27)10-36(18)30)19(29)35-11-20(22,23)24/h4-8,17-18H,9-11H2,1-3H3,(H,25,28)/t17?,18-,36?/m0/s1. The Morgan fingerprint density at radius 2 is 1.81 bits per heavy atom. The molecular weight excluding hydrogens is 563 g/mol. The number of rotatable bonds is 10. The van der Waals surface area contributed by atoms with Crippen molar-refractivity contribution in [1.82, 2.24) is 10.2 Å². The number of methoxy groups -OCH3 is 3. The van der Waals surface area contributed by atoms with Crippen molar-refractivity contribution in [3.05, 3.63) is 35.5 Å². The molecule has 2 unspecified atom stereocenters. The SMILES string of the molecule is COc1ccc(OCC(=O)NC2[C@H]3N(C(C(=O)OCC(Cl)(Cl)Cl)=C(C=O)C[S+]3[O-])C2(OC)OC)cc1. The third-order valence-electron chi connectivity index (χ3n) is 5.41. The quantitative estimate of drug-likeness (QED) is 0.141. The van der Waals surface area contributed by atoms with Gasteiger partial charge in [0.25, 0.3) is 11.8 Å². The van der Waals surface area contributed by atoms with Gasteiger partial charge in [0.05, 0.1) is 12.7 Å². The summed E-state index contributed by atoms with van der Waals surface area (Å²) < 4.78 is 37.8. The minimum Gasteiger partial charge on any atom is -0.614 e. The summed E-state index contributed by atoms with van der Waals surface area (Å²) in [7, 11) is 4.04. The predicted octanol–water partition coefficient (Wildman–Crippen LogP) is 1.28. The molecule has 2 heterocycles. The minimum absolute atomic E-state index is 0.120. The van der Waals surface area contributed by atoms with Gasteiger partial charge in [-0.05, 0) is 35.4 Å². The Hall–Kier alpha value is -1.93. The molecule has 0 radical (unpaired) electrons. The van der Waals surface area contributed by atoms with E-state index in [0.717, 1.165) is 0 Å². The van der Waals surface area contributed by atoms with Gasteiger partial charge in [0.15, 0.2) is 18.9 Å². The van der Waals surface area contributed by atoms with E-state index in [0.29, 0.717) is 17.8 Å². The molecule has 0 bridgehead atoms. The maximum Gasteiger partial charge on any atom is 0.355 e. The zero-order valence-electron chi connectivity index (χ0n) is 19.3. The van der Waals surface area contributed by atoms with Crippen molar-refractivity contribution in [2.24, 2.45) is 0 Å². The van der Waals surface area contributed by atoms with Crippen LogP contribution in [0.2, 0.25) is 0 Å². The van der Waals surface area contributed by atoms with Crippen molar-refractivity contribution < 1.29 is 42.6 Å². The highest BCUT2D eigenvalue weighted by molar-refractivity contribution is 7.92. The third kappa shape index (κ3) is 5.80. The monoisotopic (exact) mass is 584 g/mol. The normalized spacial score (nSPS) is 22.8. The number of nitrogens with one attached hydrogen (secondary N) is 1. The number of esters is 1. The molecule has 36 heavy (non-hydrogen) atoms. The van der Waals surface area contributed by atoms with Crippen LogP contribution in [0.1, 0.15) is 0 Å². The molecule has 2 aliphatic rings. The van der Waals surface area contributed by atoms with Gasteiger partial charge >= 0.3 is 5.97 Å². The first-order valence-electron chi connectivity index (χ1n) is 10.3. The number of fused-ring (bicyclic) bond motifs is 1. The van der Waals surface area contributed by atoms with Gasteiger partial charge in [-0.25, -0.2) is 4.79 Å². The molecule has 0 spiro atoms. The Morgan fingerprint density at radius 1 is 1.19 bits per heavy atom. The molecule has 1 amide bonds. The lowest BCUT2D eigenvalue weighted by Crippen LogP contribution is -2.85. The van der Waals surface area contributed by atoms with Crippen LogP contribution in [0, 0.1) is 0 Å². The van der Waals surface area contributed by atoms with Crippen molar-refractivity contribution >= 4 is 64.1 Å². The first-order valence-corrected chi connectivity index (χ1v) is 12.8. The Balaban J connectivity index is 1.80. The first kappa shape index (κ1) is 28.6. The van der Waals surface area contributed by atoms with E-state index < -0.39 is 50.8 Å². The second kappa shape index (κ2) is 11.6. The largest absolute Gasteiger partial charge is 0.614 e. The Bertz CT molecular complexity index is 1010. The molecule has 1 aromatic rings. The first-order chi connectivity index (χ1) is 17.0. The maximum absolute atomic E-state index is 13.0. The highest BCUT2D eigenvalue weighted by Gasteiger charge is 2.72. The van der Waals surface area contributed by atoms with Crippen LogP contribution in [0.4, 0.5) is 0 Å². The second-order valence-electron chi connectivity index (χ2n) is 7.52. The fourth-order valence-corrected chi connectivity index (χ4v) is 5.73. The molecule has 15 heteroatoms. The van der Waals surface area contributed by atoms with E-state index in [1.807, 2.05) is 0 Å². The number of carbonyl (C=O) groups is 3. The Labute approximate surface area is 225 Å². The number of hydrogen-bond acceptors (Lipinski definition) is 10. The lowest BCUT2D eigenvalue weighted by atomic mass is 9.97. The van der Waals surface area contributed by atoms with E-state index in [4.69, 9.17) is 58.5 Å². The van der Waals surface area contributed by atoms with Crippen molar-refractivity contribution in [3.63, 3.8) is 0 Å². The van der Waals surface area contributed by atoms with E-state index in [9.17, 15) is 18.9 Å². The van der Waals surface area contributed by atoms with E-state index >= 15 is 0 Å². The number of nitrogens with zero attached hydrogens (tertiary/aromatic N) is 1. The summed E-state index contributed by atoms with van der Waals surface area (Å²) in [6.45, 7) is -0.983. The molecule has 11 nitrogen and oxygen atoms in total. The molecule has 1 saturated heterocycles. The second-order valence-corrected chi connectivity index (χ2v) is 11.6. The molecule has 1 aromatic carbocycles. The van der Waals surface area contributed by atoms with Crippen LogP contribution in [0.3, 0.4) is 0 Å². The van der Waals surface area contributed by atoms with Crippen LogP contribution >= 0.6 is 34.8 Å². The van der Waals surface area contributed by atoms with Gasteiger partial charge in [0, 0.05) is 14.2 Å². The molecule has 0 saturated carbocycles. The zero-order valence-corrected chi connectivity index (χ0v) is 22.4.